The van der Waals surface area contributed by atoms with Crippen molar-refractivity contribution in [2.45, 2.75) is 51.1 Å². The number of carbonyl (C=O) groups excluding carboxylic acids is 1. The van der Waals surface area contributed by atoms with Crippen LogP contribution in [0.2, 0.25) is 0 Å². The van der Waals surface area contributed by atoms with Gasteiger partial charge in [0.15, 0.2) is 0 Å². The van der Waals surface area contributed by atoms with Gasteiger partial charge < -0.3 is 10.0 Å². The molecule has 1 unspecified atom stereocenters. The van der Waals surface area contributed by atoms with Crippen LogP contribution in [0.5, 0.6) is 0 Å². The van der Waals surface area contributed by atoms with Gasteiger partial charge >= 0.3 is 5.97 Å². The van der Waals surface area contributed by atoms with Crippen LogP contribution in [-0.4, -0.2) is 54.7 Å². The van der Waals surface area contributed by atoms with Gasteiger partial charge in [-0.2, -0.15) is 0 Å². The average molecular weight is 382 g/mol. The molecule has 1 amide bonds. The van der Waals surface area contributed by atoms with Crippen LogP contribution >= 0.6 is 0 Å². The monoisotopic (exact) mass is 382 g/mol. The second-order valence-corrected chi connectivity index (χ2v) is 8.43. The largest absolute Gasteiger partial charge is 0.480 e. The predicted octanol–water partition coefficient (Wildman–Crippen LogP) is 1.39. The Morgan fingerprint density at radius 2 is 2.00 bits per heavy atom. The average Bonchev–Trinajstić information content (AvgIpc) is 3.09. The quantitative estimate of drug-likeness (QED) is 0.672. The van der Waals surface area contributed by atoms with Crippen LogP contribution in [0.4, 0.5) is 0 Å². The highest BCUT2D eigenvalue weighted by Gasteiger charge is 2.38. The fraction of sp³-hybridized carbons (Fsp3) is 0.556. The maximum absolute atomic E-state index is 13.0. The first-order valence-corrected chi connectivity index (χ1v) is 10.6. The van der Waals surface area contributed by atoms with Crippen LogP contribution in [0.3, 0.4) is 0 Å². The van der Waals surface area contributed by atoms with E-state index in [0.717, 1.165) is 12.0 Å². The van der Waals surface area contributed by atoms with Gasteiger partial charge in [0.1, 0.15) is 12.1 Å². The molecule has 2 atom stereocenters. The number of carbonyl (C=O) groups is 2. The van der Waals surface area contributed by atoms with Gasteiger partial charge in [-0.05, 0) is 31.2 Å². The molecule has 0 bridgehead atoms. The summed E-state index contributed by atoms with van der Waals surface area (Å²) in [5.41, 5.74) is 0.815. The molecule has 26 heavy (non-hydrogen) atoms. The number of sulfonamides is 1. The van der Waals surface area contributed by atoms with E-state index in [2.05, 4.69) is 4.72 Å². The first kappa shape index (κ1) is 20.4. The van der Waals surface area contributed by atoms with Crippen molar-refractivity contribution in [2.24, 2.45) is 0 Å². The van der Waals surface area contributed by atoms with Crippen LogP contribution in [0.25, 0.3) is 0 Å². The Balaban J connectivity index is 2.21. The minimum Gasteiger partial charge on any atom is -0.480 e. The maximum atomic E-state index is 13.0. The van der Waals surface area contributed by atoms with E-state index in [9.17, 15) is 23.1 Å². The molecule has 1 aliphatic rings. The first-order chi connectivity index (χ1) is 12.3. The van der Waals surface area contributed by atoms with Crippen molar-refractivity contribution in [2.75, 3.05) is 12.3 Å². The highest BCUT2D eigenvalue weighted by Crippen LogP contribution is 2.20. The number of aliphatic carboxylic acids is 1. The number of benzene rings is 1. The van der Waals surface area contributed by atoms with E-state index in [-0.39, 0.29) is 12.2 Å². The molecular formula is C18H26N2O5S. The van der Waals surface area contributed by atoms with E-state index < -0.39 is 34.0 Å². The van der Waals surface area contributed by atoms with Gasteiger partial charge in [-0.1, -0.05) is 43.7 Å². The second-order valence-electron chi connectivity index (χ2n) is 6.56. The van der Waals surface area contributed by atoms with E-state index in [1.165, 1.54) is 4.90 Å². The van der Waals surface area contributed by atoms with Gasteiger partial charge in [-0.3, -0.25) is 4.79 Å². The molecule has 0 spiro atoms. The number of amides is 1. The summed E-state index contributed by atoms with van der Waals surface area (Å²) < 4.78 is 27.2. The number of carboxylic acid groups (broad SMARTS) is 1. The molecule has 0 aliphatic carbocycles. The Kier molecular flexibility index (Phi) is 7.16. The molecule has 144 valence electrons. The molecule has 2 rings (SSSR count). The van der Waals surface area contributed by atoms with Gasteiger partial charge in [-0.15, -0.1) is 0 Å². The molecule has 0 radical (unpaired) electrons. The maximum Gasteiger partial charge on any atom is 0.326 e. The zero-order chi connectivity index (χ0) is 19.2. The van der Waals surface area contributed by atoms with E-state index in [1.807, 2.05) is 37.3 Å². The molecule has 0 aromatic heterocycles. The lowest BCUT2D eigenvalue weighted by atomic mass is 10.1. The highest BCUT2D eigenvalue weighted by atomic mass is 32.2. The summed E-state index contributed by atoms with van der Waals surface area (Å²) in [5.74, 6) is -1.58. The van der Waals surface area contributed by atoms with Gasteiger partial charge in [-0.25, -0.2) is 17.9 Å². The van der Waals surface area contributed by atoms with Crippen LogP contribution in [-0.2, 0) is 26.0 Å². The number of nitrogens with zero attached hydrogens (tertiary/aromatic N) is 1. The van der Waals surface area contributed by atoms with Crippen LogP contribution in [0, 0.1) is 0 Å². The smallest absolute Gasteiger partial charge is 0.326 e. The minimum atomic E-state index is -3.62. The van der Waals surface area contributed by atoms with Gasteiger partial charge in [0.25, 0.3) is 0 Å². The Bertz CT molecular complexity index is 720. The lowest BCUT2D eigenvalue weighted by molar-refractivity contribution is -0.148. The van der Waals surface area contributed by atoms with E-state index in [1.54, 1.807) is 0 Å². The van der Waals surface area contributed by atoms with Crippen molar-refractivity contribution in [1.82, 2.24) is 9.62 Å². The Labute approximate surface area is 154 Å². The molecule has 1 aromatic rings. The summed E-state index contributed by atoms with van der Waals surface area (Å²) in [6.45, 7) is 2.22. The topological polar surface area (TPSA) is 104 Å². The third-order valence-corrected chi connectivity index (χ3v) is 5.96. The van der Waals surface area contributed by atoms with Gasteiger partial charge in [0, 0.05) is 6.54 Å². The molecule has 1 aliphatic heterocycles. The molecule has 1 fully saturated rings. The van der Waals surface area contributed by atoms with Crippen molar-refractivity contribution in [1.29, 1.82) is 0 Å². The summed E-state index contributed by atoms with van der Waals surface area (Å²) in [6.07, 6.45) is 2.41. The molecule has 7 nitrogen and oxygen atoms in total. The molecule has 8 heteroatoms. The first-order valence-electron chi connectivity index (χ1n) is 8.91. The standard InChI is InChI=1S/C18H26N2O5S/c1-2-3-12-26(24,25)19-15(13-14-8-5-4-6-9-14)17(21)20-11-7-10-16(20)18(22)23/h4-6,8-9,15-16,19H,2-3,7,10-13H2,1H3,(H,22,23)/t15-,16?/m1/s1. The van der Waals surface area contributed by atoms with Crippen LogP contribution in [0.15, 0.2) is 30.3 Å². The summed E-state index contributed by atoms with van der Waals surface area (Å²) in [5, 5.41) is 9.32. The number of unbranched alkanes of at least 4 members (excludes halogenated alkanes) is 1. The minimum absolute atomic E-state index is 0.0512. The lowest BCUT2D eigenvalue weighted by Gasteiger charge is -2.27. The third kappa shape index (κ3) is 5.54. The third-order valence-electron chi connectivity index (χ3n) is 4.49. The molecule has 0 saturated carbocycles. The normalized spacial score (nSPS) is 18.7. The molecule has 1 heterocycles. The number of hydrogen-bond donors (Lipinski definition) is 2. The van der Waals surface area contributed by atoms with E-state index in [0.29, 0.717) is 25.8 Å². The lowest BCUT2D eigenvalue weighted by Crippen LogP contribution is -2.52. The molecule has 2 N–H and O–H groups in total. The SMILES string of the molecule is CCCCS(=O)(=O)N[C@H](Cc1ccccc1)C(=O)N1CCCC1C(=O)O. The van der Waals surface area contributed by atoms with Crippen molar-refractivity contribution in [3.8, 4) is 0 Å². The number of rotatable bonds is 9. The summed E-state index contributed by atoms with van der Waals surface area (Å²) >= 11 is 0. The Hall–Kier alpha value is -1.93. The van der Waals surface area contributed by atoms with Crippen LogP contribution in [0.1, 0.15) is 38.2 Å². The number of hydrogen-bond acceptors (Lipinski definition) is 4. The van der Waals surface area contributed by atoms with Crippen molar-refractivity contribution < 1.29 is 23.1 Å². The number of carboxylic acids is 1. The Morgan fingerprint density at radius 1 is 1.31 bits per heavy atom. The van der Waals surface area contributed by atoms with Gasteiger partial charge in [0.2, 0.25) is 15.9 Å². The molecular weight excluding hydrogens is 356 g/mol. The molecule has 1 saturated heterocycles. The summed E-state index contributed by atoms with van der Waals surface area (Å²) in [6, 6.07) is 7.22. The molecule has 1 aromatic carbocycles. The summed E-state index contributed by atoms with van der Waals surface area (Å²) in [7, 11) is -3.62. The number of likely N-dealkylation sites (tertiary alicyclic amines) is 1. The van der Waals surface area contributed by atoms with Crippen molar-refractivity contribution in [3.05, 3.63) is 35.9 Å². The fourth-order valence-electron chi connectivity index (χ4n) is 3.13. The fourth-order valence-corrected chi connectivity index (χ4v) is 4.53. The summed E-state index contributed by atoms with van der Waals surface area (Å²) in [4.78, 5) is 25.6. The van der Waals surface area contributed by atoms with E-state index in [4.69, 9.17) is 0 Å². The van der Waals surface area contributed by atoms with Gasteiger partial charge in [0.05, 0.1) is 5.75 Å². The van der Waals surface area contributed by atoms with E-state index >= 15 is 0 Å². The Morgan fingerprint density at radius 3 is 2.62 bits per heavy atom. The van der Waals surface area contributed by atoms with Crippen LogP contribution < -0.4 is 4.72 Å². The predicted molar refractivity (Wildman–Crippen MR) is 98.1 cm³/mol. The zero-order valence-corrected chi connectivity index (χ0v) is 15.7. The number of nitrogens with one attached hydrogen (secondary N) is 1. The van der Waals surface area contributed by atoms with Crippen molar-refractivity contribution >= 4 is 21.9 Å². The zero-order valence-electron chi connectivity index (χ0n) is 14.9. The van der Waals surface area contributed by atoms with Crippen molar-refractivity contribution in [3.63, 3.8) is 0 Å². The second kappa shape index (κ2) is 9.14. The highest BCUT2D eigenvalue weighted by molar-refractivity contribution is 7.89.